The van der Waals surface area contributed by atoms with Crippen LogP contribution in [-0.2, 0) is 9.84 Å². The molecule has 1 atom stereocenters. The number of fused-ring (bicyclic) bond motifs is 1. The Morgan fingerprint density at radius 1 is 1.05 bits per heavy atom. The van der Waals surface area contributed by atoms with Gasteiger partial charge < -0.3 is 24.8 Å². The molecule has 1 aliphatic heterocycles. The van der Waals surface area contributed by atoms with Gasteiger partial charge in [-0.05, 0) is 54.9 Å². The number of alkyl halides is 2. The fourth-order valence-corrected chi connectivity index (χ4v) is 4.99. The Kier molecular flexibility index (Phi) is 7.72. The van der Waals surface area contributed by atoms with Crippen molar-refractivity contribution in [2.45, 2.75) is 24.2 Å². The van der Waals surface area contributed by atoms with Gasteiger partial charge in [0, 0.05) is 18.0 Å². The van der Waals surface area contributed by atoms with Gasteiger partial charge in [0.1, 0.15) is 0 Å². The lowest BCUT2D eigenvalue weighted by atomic mass is 10.0. The highest BCUT2D eigenvalue weighted by Gasteiger charge is 2.45. The third kappa shape index (κ3) is 6.34. The molecule has 0 spiro atoms. The molecule has 2 N–H and O–H groups in total. The van der Waals surface area contributed by atoms with E-state index >= 15 is 0 Å². The summed E-state index contributed by atoms with van der Waals surface area (Å²) < 4.78 is 67.7. The van der Waals surface area contributed by atoms with Crippen molar-refractivity contribution in [2.24, 2.45) is 0 Å². The quantitative estimate of drug-likeness (QED) is 0.239. The Labute approximate surface area is 242 Å². The number of nitrogens with one attached hydrogen (secondary N) is 2. The van der Waals surface area contributed by atoms with Gasteiger partial charge in [-0.3, -0.25) is 4.98 Å². The fourth-order valence-electron chi connectivity index (χ4n) is 3.96. The first-order valence-corrected chi connectivity index (χ1v) is 14.5. The highest BCUT2D eigenvalue weighted by molar-refractivity contribution is 7.90. The normalized spacial score (nSPS) is 14.4. The molecule has 0 amide bonds. The molecule has 3 heterocycles. The second-order valence-electron chi connectivity index (χ2n) is 8.54. The lowest BCUT2D eigenvalue weighted by Gasteiger charge is -2.24. The van der Waals surface area contributed by atoms with E-state index in [9.17, 15) is 17.2 Å². The number of halogens is 4. The number of para-hydroxylation sites is 1. The SMILES string of the molecule is CCOc1nc(Cl)nc(Nc2cc(S(C)(=O)=O)ccc2N[C@@H](c2cccc3c2OC(F)(F)O3)c2ncccc2Cl)n1. The van der Waals surface area contributed by atoms with E-state index < -0.39 is 22.2 Å². The summed E-state index contributed by atoms with van der Waals surface area (Å²) in [7, 11) is -3.64. The Balaban J connectivity index is 1.63. The number of anilines is 3. The molecule has 0 unspecified atom stereocenters. The van der Waals surface area contributed by atoms with Crippen molar-refractivity contribution in [2.75, 3.05) is 23.5 Å². The van der Waals surface area contributed by atoms with E-state index in [1.165, 1.54) is 36.5 Å². The fraction of sp³-hybridized carbons (Fsp3) is 0.200. The van der Waals surface area contributed by atoms with Gasteiger partial charge in [-0.2, -0.15) is 15.0 Å². The first kappa shape index (κ1) is 28.5. The summed E-state index contributed by atoms with van der Waals surface area (Å²) in [6, 6.07) is 10.7. The maximum atomic E-state index is 14.1. The molecule has 0 fully saturated rings. The zero-order valence-electron chi connectivity index (χ0n) is 21.2. The van der Waals surface area contributed by atoms with E-state index in [1.807, 2.05) is 0 Å². The number of aromatic nitrogens is 4. The summed E-state index contributed by atoms with van der Waals surface area (Å²) in [6.45, 7) is 1.99. The monoisotopic (exact) mass is 624 g/mol. The predicted molar refractivity (Wildman–Crippen MR) is 146 cm³/mol. The lowest BCUT2D eigenvalue weighted by Crippen LogP contribution is -2.26. The van der Waals surface area contributed by atoms with Crippen LogP contribution in [0.2, 0.25) is 10.3 Å². The zero-order chi connectivity index (χ0) is 29.4. The molecule has 16 heteroatoms. The lowest BCUT2D eigenvalue weighted by molar-refractivity contribution is -0.287. The highest BCUT2D eigenvalue weighted by Crippen LogP contribution is 2.47. The van der Waals surface area contributed by atoms with Gasteiger partial charge in [0.15, 0.2) is 21.3 Å². The van der Waals surface area contributed by atoms with Crippen molar-refractivity contribution in [3.8, 4) is 17.5 Å². The van der Waals surface area contributed by atoms with E-state index in [0.29, 0.717) is 5.69 Å². The highest BCUT2D eigenvalue weighted by atomic mass is 35.5. The molecule has 4 aromatic rings. The van der Waals surface area contributed by atoms with Crippen molar-refractivity contribution in [1.29, 1.82) is 0 Å². The minimum absolute atomic E-state index is 0.0277. The second-order valence-corrected chi connectivity index (χ2v) is 11.3. The molecule has 0 saturated heterocycles. The molecule has 0 saturated carbocycles. The van der Waals surface area contributed by atoms with Crippen LogP contribution in [0.25, 0.3) is 0 Å². The van der Waals surface area contributed by atoms with Crippen LogP contribution in [0.5, 0.6) is 17.5 Å². The number of ether oxygens (including phenoxy) is 3. The Morgan fingerprint density at radius 2 is 1.85 bits per heavy atom. The summed E-state index contributed by atoms with van der Waals surface area (Å²) in [5.41, 5.74) is 0.966. The van der Waals surface area contributed by atoms with Gasteiger partial charge in [0.2, 0.25) is 11.2 Å². The van der Waals surface area contributed by atoms with E-state index in [4.69, 9.17) is 32.7 Å². The van der Waals surface area contributed by atoms with Crippen LogP contribution < -0.4 is 24.8 Å². The van der Waals surface area contributed by atoms with Gasteiger partial charge in [0.25, 0.3) is 0 Å². The number of sulfone groups is 1. The van der Waals surface area contributed by atoms with Crippen molar-refractivity contribution in [3.63, 3.8) is 0 Å². The maximum Gasteiger partial charge on any atom is 0.586 e. The largest absolute Gasteiger partial charge is 0.586 e. The van der Waals surface area contributed by atoms with Gasteiger partial charge in [0.05, 0.1) is 39.6 Å². The third-order valence-corrected chi connectivity index (χ3v) is 7.26. The van der Waals surface area contributed by atoms with Crippen molar-refractivity contribution < 1.29 is 31.4 Å². The summed E-state index contributed by atoms with van der Waals surface area (Å²) in [4.78, 5) is 16.4. The van der Waals surface area contributed by atoms with Crippen LogP contribution in [0, 0.1) is 0 Å². The smallest absolute Gasteiger partial charge is 0.464 e. The van der Waals surface area contributed by atoms with E-state index in [2.05, 4.69) is 35.3 Å². The summed E-state index contributed by atoms with van der Waals surface area (Å²) in [5, 5.41) is 6.19. The number of nitrogens with zero attached hydrogens (tertiary/aromatic N) is 4. The van der Waals surface area contributed by atoms with Crippen molar-refractivity contribution in [1.82, 2.24) is 19.9 Å². The predicted octanol–water partition coefficient (Wildman–Crippen LogP) is 5.64. The van der Waals surface area contributed by atoms with E-state index in [0.717, 1.165) is 6.26 Å². The maximum absolute atomic E-state index is 14.1. The molecule has 2 aromatic heterocycles. The molecule has 214 valence electrons. The Morgan fingerprint density at radius 3 is 2.59 bits per heavy atom. The molecule has 41 heavy (non-hydrogen) atoms. The number of hydrogen-bond donors (Lipinski definition) is 2. The topological polar surface area (TPSA) is 137 Å². The second kappa shape index (κ2) is 11.1. The zero-order valence-corrected chi connectivity index (χ0v) is 23.6. The first-order chi connectivity index (χ1) is 19.4. The Bertz CT molecular complexity index is 1730. The molecule has 5 rings (SSSR count). The molecule has 0 aliphatic carbocycles. The molecule has 0 bridgehead atoms. The average Bonchev–Trinajstić information content (AvgIpc) is 3.22. The van der Waals surface area contributed by atoms with Crippen LogP contribution in [0.1, 0.15) is 24.2 Å². The average molecular weight is 625 g/mol. The Hall–Kier alpha value is -4.01. The summed E-state index contributed by atoms with van der Waals surface area (Å²) in [6.07, 6.45) is -1.34. The minimum Gasteiger partial charge on any atom is -0.464 e. The standard InChI is InChI=1S/C25H20Cl2F2N6O5S/c1-3-38-24-34-22(27)33-23(35-24)32-17-12-13(41(2,36)37)9-10-16(17)31-19(20-15(26)7-5-11-30-20)14-6-4-8-18-21(14)40-25(28,29)39-18/h4-12,19,31H,3H2,1-2H3,(H,32,33,34,35)/t19-/m0/s1. The molecular formula is C25H20Cl2F2N6O5S. The number of pyridine rings is 1. The van der Waals surface area contributed by atoms with Crippen LogP contribution in [0.15, 0.2) is 59.6 Å². The molecule has 0 radical (unpaired) electrons. The van der Waals surface area contributed by atoms with E-state index in [1.54, 1.807) is 25.1 Å². The van der Waals surface area contributed by atoms with Crippen molar-refractivity contribution in [3.05, 3.63) is 76.3 Å². The van der Waals surface area contributed by atoms with Gasteiger partial charge in [-0.15, -0.1) is 8.78 Å². The first-order valence-electron chi connectivity index (χ1n) is 11.8. The molecule has 2 aromatic carbocycles. The molecular weight excluding hydrogens is 605 g/mol. The van der Waals surface area contributed by atoms with E-state index in [-0.39, 0.29) is 62.2 Å². The summed E-state index contributed by atoms with van der Waals surface area (Å²) in [5.74, 6) is -0.448. The van der Waals surface area contributed by atoms with Crippen LogP contribution >= 0.6 is 23.2 Å². The van der Waals surface area contributed by atoms with Gasteiger partial charge in [-0.25, -0.2) is 8.42 Å². The molecule has 1 aliphatic rings. The third-order valence-electron chi connectivity index (χ3n) is 5.66. The van der Waals surface area contributed by atoms with Crippen molar-refractivity contribution >= 4 is 50.4 Å². The number of benzene rings is 2. The summed E-state index contributed by atoms with van der Waals surface area (Å²) >= 11 is 12.5. The van der Waals surface area contributed by atoms with Crippen LogP contribution in [0.4, 0.5) is 26.1 Å². The number of rotatable bonds is 9. The van der Waals surface area contributed by atoms with Crippen LogP contribution in [0.3, 0.4) is 0 Å². The molecule has 11 nitrogen and oxygen atoms in total. The van der Waals surface area contributed by atoms with Gasteiger partial charge in [-0.1, -0.05) is 23.7 Å². The van der Waals surface area contributed by atoms with Gasteiger partial charge >= 0.3 is 12.3 Å². The number of hydrogen-bond acceptors (Lipinski definition) is 11. The minimum atomic E-state index is -3.88. The van der Waals surface area contributed by atoms with Crippen LogP contribution in [-0.4, -0.2) is 47.5 Å².